The number of benzene rings is 1. The molecule has 0 amide bonds. The molecule has 24 heavy (non-hydrogen) atoms. The molecule has 0 saturated heterocycles. The Bertz CT molecular complexity index is 548. The van der Waals surface area contributed by atoms with Gasteiger partial charge in [-0.15, -0.1) is 12.4 Å². The van der Waals surface area contributed by atoms with E-state index < -0.39 is 0 Å². The van der Waals surface area contributed by atoms with Crippen molar-refractivity contribution in [1.82, 2.24) is 0 Å². The van der Waals surface area contributed by atoms with Crippen LogP contribution < -0.4 is 5.73 Å². The Morgan fingerprint density at radius 1 is 0.958 bits per heavy atom. The number of phenolic OH excluding ortho intramolecular Hbond substituents is 1. The van der Waals surface area contributed by atoms with Crippen LogP contribution in [0.5, 0.6) is 5.75 Å². The van der Waals surface area contributed by atoms with Gasteiger partial charge in [0.25, 0.3) is 0 Å². The first kappa shape index (κ1) is 21.3. The fourth-order valence-corrected chi connectivity index (χ4v) is 3.66. The van der Waals surface area contributed by atoms with Gasteiger partial charge in [-0.2, -0.15) is 0 Å². The van der Waals surface area contributed by atoms with E-state index in [-0.39, 0.29) is 29.3 Å². The first-order valence-corrected chi connectivity index (χ1v) is 9.15. The van der Waals surface area contributed by atoms with E-state index in [0.717, 1.165) is 11.1 Å². The maximum Gasteiger partial charge on any atom is 0.124 e. The van der Waals surface area contributed by atoms with E-state index in [2.05, 4.69) is 53.7 Å². The van der Waals surface area contributed by atoms with E-state index in [1.54, 1.807) is 0 Å². The van der Waals surface area contributed by atoms with Crippen LogP contribution in [-0.4, -0.2) is 5.11 Å². The zero-order chi connectivity index (χ0) is 17.4. The van der Waals surface area contributed by atoms with Gasteiger partial charge in [-0.1, -0.05) is 66.9 Å². The molecule has 1 fully saturated rings. The lowest BCUT2D eigenvalue weighted by Crippen LogP contribution is -2.26. The molecule has 2 rings (SSSR count). The molecule has 1 aliphatic rings. The summed E-state index contributed by atoms with van der Waals surface area (Å²) < 4.78 is 0. The molecule has 1 saturated carbocycles. The molecule has 0 aliphatic heterocycles. The fourth-order valence-electron chi connectivity index (χ4n) is 3.66. The molecule has 2 nitrogen and oxygen atoms in total. The summed E-state index contributed by atoms with van der Waals surface area (Å²) in [6, 6.07) is 4.27. The van der Waals surface area contributed by atoms with Gasteiger partial charge in [-0.25, -0.2) is 0 Å². The molecule has 0 bridgehead atoms. The molecule has 0 aromatic heterocycles. The molecular weight excluding hydrogens is 318 g/mol. The van der Waals surface area contributed by atoms with Crippen LogP contribution in [-0.2, 0) is 10.8 Å². The third-order valence-electron chi connectivity index (χ3n) is 5.33. The number of nitrogens with two attached hydrogens (primary N) is 1. The molecule has 1 aliphatic carbocycles. The molecule has 3 N–H and O–H groups in total. The number of hydrogen-bond acceptors (Lipinski definition) is 2. The monoisotopic (exact) mass is 353 g/mol. The Labute approximate surface area is 154 Å². The third kappa shape index (κ3) is 4.67. The summed E-state index contributed by atoms with van der Waals surface area (Å²) in [5.41, 5.74) is 9.83. The van der Waals surface area contributed by atoms with Gasteiger partial charge in [-0.05, 0) is 46.8 Å². The molecule has 0 radical (unpaired) electrons. The summed E-state index contributed by atoms with van der Waals surface area (Å²) in [5.74, 6) is 0.918. The van der Waals surface area contributed by atoms with E-state index in [0.29, 0.717) is 11.7 Å². The van der Waals surface area contributed by atoms with E-state index in [1.807, 2.05) is 0 Å². The van der Waals surface area contributed by atoms with Gasteiger partial charge in [0, 0.05) is 11.6 Å². The van der Waals surface area contributed by atoms with Crippen LogP contribution in [0.3, 0.4) is 0 Å². The SMILES string of the molecule is CC(C)(C)c1cc([C@H](N)C2CCCCC2)c(O)c(C(C)(C)C)c1.Cl. The van der Waals surface area contributed by atoms with Crippen LogP contribution in [0.4, 0.5) is 0 Å². The predicted octanol–water partition coefficient (Wildman–Crippen LogP) is 5.99. The zero-order valence-corrected chi connectivity index (χ0v) is 17.1. The highest BCUT2D eigenvalue weighted by Crippen LogP contribution is 2.43. The van der Waals surface area contributed by atoms with E-state index in [4.69, 9.17) is 5.73 Å². The van der Waals surface area contributed by atoms with Crippen molar-refractivity contribution in [3.63, 3.8) is 0 Å². The lowest BCUT2D eigenvalue weighted by Gasteiger charge is -2.32. The summed E-state index contributed by atoms with van der Waals surface area (Å²) in [4.78, 5) is 0. The quantitative estimate of drug-likeness (QED) is 0.685. The van der Waals surface area contributed by atoms with Crippen molar-refractivity contribution in [2.45, 2.75) is 90.5 Å². The Morgan fingerprint density at radius 3 is 1.96 bits per heavy atom. The highest BCUT2D eigenvalue weighted by molar-refractivity contribution is 5.85. The fraction of sp³-hybridized carbons (Fsp3) is 0.714. The van der Waals surface area contributed by atoms with Gasteiger partial charge < -0.3 is 10.8 Å². The van der Waals surface area contributed by atoms with Crippen molar-refractivity contribution < 1.29 is 5.11 Å². The maximum absolute atomic E-state index is 10.9. The summed E-state index contributed by atoms with van der Waals surface area (Å²) in [6.45, 7) is 13.1. The second-order valence-corrected chi connectivity index (χ2v) is 9.39. The third-order valence-corrected chi connectivity index (χ3v) is 5.33. The lowest BCUT2D eigenvalue weighted by molar-refractivity contribution is 0.301. The molecule has 0 spiro atoms. The topological polar surface area (TPSA) is 46.2 Å². The van der Waals surface area contributed by atoms with E-state index >= 15 is 0 Å². The molecule has 1 aromatic rings. The van der Waals surface area contributed by atoms with Crippen LogP contribution >= 0.6 is 12.4 Å². The van der Waals surface area contributed by atoms with Gasteiger partial charge in [0.2, 0.25) is 0 Å². The van der Waals surface area contributed by atoms with Crippen LogP contribution in [0.1, 0.15) is 96.4 Å². The summed E-state index contributed by atoms with van der Waals surface area (Å²) >= 11 is 0. The van der Waals surface area contributed by atoms with E-state index in [9.17, 15) is 5.11 Å². The minimum Gasteiger partial charge on any atom is -0.507 e. The number of aromatic hydroxyl groups is 1. The molecule has 0 unspecified atom stereocenters. The number of rotatable bonds is 2. The number of phenols is 1. The minimum absolute atomic E-state index is 0. The van der Waals surface area contributed by atoms with Gasteiger partial charge in [0.05, 0.1) is 0 Å². The molecule has 3 heteroatoms. The molecule has 1 atom stereocenters. The van der Waals surface area contributed by atoms with Crippen LogP contribution in [0.15, 0.2) is 12.1 Å². The normalized spacial score (nSPS) is 18.1. The van der Waals surface area contributed by atoms with Crippen molar-refractivity contribution in [1.29, 1.82) is 0 Å². The summed E-state index contributed by atoms with van der Waals surface area (Å²) in [5, 5.41) is 10.9. The van der Waals surface area contributed by atoms with Crippen molar-refractivity contribution >= 4 is 12.4 Å². The second-order valence-electron chi connectivity index (χ2n) is 9.39. The standard InChI is InChI=1S/C21H35NO.ClH/c1-20(2,3)15-12-16(18(22)14-10-8-7-9-11-14)19(23)17(13-15)21(4,5)6;/h12-14,18,23H,7-11,22H2,1-6H3;1H/t18-;/m1./s1. The van der Waals surface area contributed by atoms with Crippen molar-refractivity contribution in [2.24, 2.45) is 11.7 Å². The Kier molecular flexibility index (Phi) is 6.80. The molecule has 0 heterocycles. The Morgan fingerprint density at radius 2 is 1.50 bits per heavy atom. The molecule has 1 aromatic carbocycles. The highest BCUT2D eigenvalue weighted by atomic mass is 35.5. The van der Waals surface area contributed by atoms with Crippen LogP contribution in [0, 0.1) is 5.92 Å². The molecule has 138 valence electrons. The van der Waals surface area contributed by atoms with Crippen molar-refractivity contribution in [2.75, 3.05) is 0 Å². The van der Waals surface area contributed by atoms with Crippen LogP contribution in [0.2, 0.25) is 0 Å². The average molecular weight is 354 g/mol. The van der Waals surface area contributed by atoms with E-state index in [1.165, 1.54) is 37.7 Å². The zero-order valence-electron chi connectivity index (χ0n) is 16.3. The van der Waals surface area contributed by atoms with Crippen molar-refractivity contribution in [3.05, 3.63) is 28.8 Å². The lowest BCUT2D eigenvalue weighted by atomic mass is 9.75. The smallest absolute Gasteiger partial charge is 0.124 e. The number of halogens is 1. The average Bonchev–Trinajstić information content (AvgIpc) is 2.45. The second kappa shape index (κ2) is 7.66. The summed E-state index contributed by atoms with van der Waals surface area (Å²) in [7, 11) is 0. The minimum atomic E-state index is -0.0909. The van der Waals surface area contributed by atoms with Gasteiger partial charge in [-0.3, -0.25) is 0 Å². The van der Waals surface area contributed by atoms with Gasteiger partial charge in [0.15, 0.2) is 0 Å². The highest BCUT2D eigenvalue weighted by Gasteiger charge is 2.30. The summed E-state index contributed by atoms with van der Waals surface area (Å²) in [6.07, 6.45) is 6.23. The Balaban J connectivity index is 0.00000288. The number of hydrogen-bond donors (Lipinski definition) is 2. The Hall–Kier alpha value is -0.730. The van der Waals surface area contributed by atoms with Gasteiger partial charge >= 0.3 is 0 Å². The largest absolute Gasteiger partial charge is 0.507 e. The molecular formula is C21H36ClNO. The maximum atomic E-state index is 10.9. The first-order chi connectivity index (χ1) is 10.5. The first-order valence-electron chi connectivity index (χ1n) is 9.15. The predicted molar refractivity (Wildman–Crippen MR) is 106 cm³/mol. The van der Waals surface area contributed by atoms with Crippen molar-refractivity contribution in [3.8, 4) is 5.75 Å². The van der Waals surface area contributed by atoms with Gasteiger partial charge in [0.1, 0.15) is 5.75 Å². The van der Waals surface area contributed by atoms with Crippen LogP contribution in [0.25, 0.3) is 0 Å².